The van der Waals surface area contributed by atoms with E-state index in [0.717, 1.165) is 48.7 Å². The lowest BCUT2D eigenvalue weighted by Gasteiger charge is -2.29. The van der Waals surface area contributed by atoms with Gasteiger partial charge in [0.2, 0.25) is 5.95 Å². The topological polar surface area (TPSA) is 33.1 Å². The van der Waals surface area contributed by atoms with Crippen molar-refractivity contribution < 1.29 is 4.39 Å². The third-order valence-electron chi connectivity index (χ3n) is 5.31. The Morgan fingerprint density at radius 1 is 1.00 bits per heavy atom. The molecular formula is C21H25FN4. The SMILES string of the molecule is Cc1cc2nc(N3CCNCC3)n(Cc3ccc(F)c(C)c3)c2cc1C. The molecule has 2 aromatic carbocycles. The van der Waals surface area contributed by atoms with Crippen LogP contribution in [0.5, 0.6) is 0 Å². The minimum Gasteiger partial charge on any atom is -0.340 e. The summed E-state index contributed by atoms with van der Waals surface area (Å²) in [6, 6.07) is 9.76. The second kappa shape index (κ2) is 6.72. The second-order valence-electron chi connectivity index (χ2n) is 7.24. The molecule has 0 amide bonds. The van der Waals surface area contributed by atoms with Gasteiger partial charge in [0.15, 0.2) is 0 Å². The lowest BCUT2D eigenvalue weighted by Crippen LogP contribution is -2.44. The van der Waals surface area contributed by atoms with Crippen molar-refractivity contribution in [1.82, 2.24) is 14.9 Å². The molecule has 26 heavy (non-hydrogen) atoms. The summed E-state index contributed by atoms with van der Waals surface area (Å²) < 4.78 is 15.9. The normalized spacial score (nSPS) is 15.0. The molecule has 136 valence electrons. The summed E-state index contributed by atoms with van der Waals surface area (Å²) in [4.78, 5) is 7.31. The minimum absolute atomic E-state index is 0.155. The molecule has 4 rings (SSSR count). The van der Waals surface area contributed by atoms with Gasteiger partial charge in [0.1, 0.15) is 5.82 Å². The monoisotopic (exact) mass is 352 g/mol. The van der Waals surface area contributed by atoms with Crippen LogP contribution in [0.4, 0.5) is 10.3 Å². The van der Waals surface area contributed by atoms with Crippen LogP contribution in [0.2, 0.25) is 0 Å². The lowest BCUT2D eigenvalue weighted by molar-refractivity contribution is 0.571. The van der Waals surface area contributed by atoms with Gasteiger partial charge in [0, 0.05) is 26.2 Å². The molecule has 0 radical (unpaired) electrons. The summed E-state index contributed by atoms with van der Waals surface area (Å²) in [7, 11) is 0. The molecule has 0 bridgehead atoms. The van der Waals surface area contributed by atoms with Crippen molar-refractivity contribution in [3.8, 4) is 0 Å². The Morgan fingerprint density at radius 2 is 1.73 bits per heavy atom. The quantitative estimate of drug-likeness (QED) is 0.782. The molecule has 0 saturated carbocycles. The Labute approximate surface area is 153 Å². The third kappa shape index (κ3) is 3.07. The number of nitrogens with zero attached hydrogens (tertiary/aromatic N) is 3. The maximum Gasteiger partial charge on any atom is 0.206 e. The number of hydrogen-bond acceptors (Lipinski definition) is 3. The predicted octanol–water partition coefficient (Wildman–Crippen LogP) is 3.56. The molecular weight excluding hydrogens is 327 g/mol. The van der Waals surface area contributed by atoms with Crippen LogP contribution >= 0.6 is 0 Å². The zero-order valence-corrected chi connectivity index (χ0v) is 15.6. The smallest absolute Gasteiger partial charge is 0.206 e. The Morgan fingerprint density at radius 3 is 2.46 bits per heavy atom. The van der Waals surface area contributed by atoms with Crippen LogP contribution in [0.15, 0.2) is 30.3 Å². The van der Waals surface area contributed by atoms with Crippen molar-refractivity contribution in [2.75, 3.05) is 31.1 Å². The van der Waals surface area contributed by atoms with E-state index < -0.39 is 0 Å². The number of hydrogen-bond donors (Lipinski definition) is 1. The van der Waals surface area contributed by atoms with E-state index in [1.807, 2.05) is 19.1 Å². The number of aromatic nitrogens is 2. The van der Waals surface area contributed by atoms with Gasteiger partial charge in [-0.25, -0.2) is 9.37 Å². The van der Waals surface area contributed by atoms with Gasteiger partial charge in [-0.15, -0.1) is 0 Å². The van der Waals surface area contributed by atoms with Crippen LogP contribution in [0, 0.1) is 26.6 Å². The first-order chi connectivity index (χ1) is 12.5. The van der Waals surface area contributed by atoms with E-state index in [1.165, 1.54) is 11.1 Å². The van der Waals surface area contributed by atoms with Gasteiger partial charge < -0.3 is 14.8 Å². The summed E-state index contributed by atoms with van der Waals surface area (Å²) in [5.41, 5.74) is 6.47. The van der Waals surface area contributed by atoms with Crippen molar-refractivity contribution in [3.63, 3.8) is 0 Å². The van der Waals surface area contributed by atoms with Gasteiger partial charge in [-0.3, -0.25) is 0 Å². The lowest BCUT2D eigenvalue weighted by atomic mass is 10.1. The highest BCUT2D eigenvalue weighted by atomic mass is 19.1. The van der Waals surface area contributed by atoms with Crippen molar-refractivity contribution in [1.29, 1.82) is 0 Å². The zero-order valence-electron chi connectivity index (χ0n) is 15.6. The number of nitrogens with one attached hydrogen (secondary N) is 1. The zero-order chi connectivity index (χ0) is 18.3. The van der Waals surface area contributed by atoms with Crippen molar-refractivity contribution >= 4 is 17.0 Å². The van der Waals surface area contributed by atoms with Crippen LogP contribution in [-0.4, -0.2) is 35.7 Å². The average molecular weight is 352 g/mol. The fourth-order valence-electron chi connectivity index (χ4n) is 3.62. The van der Waals surface area contributed by atoms with Crippen LogP contribution in [0.3, 0.4) is 0 Å². The standard InChI is InChI=1S/C21H25FN4/c1-14-11-19-20(12-15(14)2)26(13-17-4-5-18(22)16(3)10-17)21(24-19)25-8-6-23-7-9-25/h4-5,10-12,23H,6-9,13H2,1-3H3. The molecule has 5 heteroatoms. The fraction of sp³-hybridized carbons (Fsp3) is 0.381. The minimum atomic E-state index is -0.155. The van der Waals surface area contributed by atoms with E-state index in [9.17, 15) is 4.39 Å². The summed E-state index contributed by atoms with van der Waals surface area (Å²) in [5, 5.41) is 3.40. The van der Waals surface area contributed by atoms with E-state index in [2.05, 4.69) is 40.8 Å². The third-order valence-corrected chi connectivity index (χ3v) is 5.31. The van der Waals surface area contributed by atoms with Crippen LogP contribution in [0.1, 0.15) is 22.3 Å². The van der Waals surface area contributed by atoms with Gasteiger partial charge >= 0.3 is 0 Å². The molecule has 1 aromatic heterocycles. The molecule has 1 saturated heterocycles. The number of piperazine rings is 1. The number of anilines is 1. The number of halogens is 1. The number of fused-ring (bicyclic) bond motifs is 1. The number of benzene rings is 2. The predicted molar refractivity (Wildman–Crippen MR) is 105 cm³/mol. The Bertz CT molecular complexity index is 954. The first-order valence-corrected chi connectivity index (χ1v) is 9.21. The molecule has 1 aliphatic rings. The maximum atomic E-state index is 13.7. The Balaban J connectivity index is 1.83. The summed E-state index contributed by atoms with van der Waals surface area (Å²) >= 11 is 0. The van der Waals surface area contributed by atoms with Crippen molar-refractivity contribution in [3.05, 3.63) is 58.4 Å². The molecule has 0 aliphatic carbocycles. The van der Waals surface area contributed by atoms with Gasteiger partial charge in [-0.05, 0) is 61.2 Å². The second-order valence-corrected chi connectivity index (χ2v) is 7.24. The van der Waals surface area contributed by atoms with E-state index in [1.54, 1.807) is 6.07 Å². The molecule has 1 fully saturated rings. The number of rotatable bonds is 3. The molecule has 4 nitrogen and oxygen atoms in total. The highest BCUT2D eigenvalue weighted by Gasteiger charge is 2.20. The molecule has 0 spiro atoms. The molecule has 0 unspecified atom stereocenters. The first-order valence-electron chi connectivity index (χ1n) is 9.21. The van der Waals surface area contributed by atoms with Gasteiger partial charge in [-0.2, -0.15) is 0 Å². The van der Waals surface area contributed by atoms with E-state index in [0.29, 0.717) is 12.1 Å². The van der Waals surface area contributed by atoms with Gasteiger partial charge in [-0.1, -0.05) is 12.1 Å². The average Bonchev–Trinajstić information content (AvgIpc) is 2.97. The fourth-order valence-corrected chi connectivity index (χ4v) is 3.62. The van der Waals surface area contributed by atoms with Gasteiger partial charge in [0.05, 0.1) is 17.6 Å². The van der Waals surface area contributed by atoms with Crippen LogP contribution in [0.25, 0.3) is 11.0 Å². The Kier molecular flexibility index (Phi) is 4.41. The molecule has 1 aliphatic heterocycles. The highest BCUT2D eigenvalue weighted by Crippen LogP contribution is 2.27. The summed E-state index contributed by atoms with van der Waals surface area (Å²) in [5.74, 6) is 0.853. The van der Waals surface area contributed by atoms with E-state index in [-0.39, 0.29) is 5.82 Å². The van der Waals surface area contributed by atoms with Crippen molar-refractivity contribution in [2.24, 2.45) is 0 Å². The maximum absolute atomic E-state index is 13.7. The highest BCUT2D eigenvalue weighted by molar-refractivity contribution is 5.81. The molecule has 1 N–H and O–H groups in total. The van der Waals surface area contributed by atoms with E-state index in [4.69, 9.17) is 4.98 Å². The van der Waals surface area contributed by atoms with Crippen LogP contribution < -0.4 is 10.2 Å². The van der Waals surface area contributed by atoms with Crippen LogP contribution in [-0.2, 0) is 6.54 Å². The molecule has 2 heterocycles. The number of aryl methyl sites for hydroxylation is 3. The summed E-state index contributed by atoms with van der Waals surface area (Å²) in [6.45, 7) is 10.6. The first kappa shape index (κ1) is 17.0. The largest absolute Gasteiger partial charge is 0.340 e. The number of imidazole rings is 1. The Hall–Kier alpha value is -2.40. The molecule has 3 aromatic rings. The van der Waals surface area contributed by atoms with Gasteiger partial charge in [0.25, 0.3) is 0 Å². The summed E-state index contributed by atoms with van der Waals surface area (Å²) in [6.07, 6.45) is 0. The van der Waals surface area contributed by atoms with Crippen molar-refractivity contribution in [2.45, 2.75) is 27.3 Å². The van der Waals surface area contributed by atoms with E-state index >= 15 is 0 Å². The molecule has 0 atom stereocenters.